The molecule has 16 nitrogen and oxygen atoms in total. The van der Waals surface area contributed by atoms with E-state index in [-0.39, 0.29) is 0 Å². The summed E-state index contributed by atoms with van der Waals surface area (Å²) in [5.41, 5.74) is -11.5. The van der Waals surface area contributed by atoms with Gasteiger partial charge >= 0.3 is 47.8 Å². The van der Waals surface area contributed by atoms with E-state index < -0.39 is 114 Å². The van der Waals surface area contributed by atoms with Gasteiger partial charge in [-0.05, 0) is 33.7 Å². The number of aromatic carboxylic acids is 8. The highest BCUT2D eigenvalue weighted by atomic mass is 16.4. The smallest absolute Gasteiger partial charge is 0.337 e. The minimum absolute atomic E-state index is 0.451. The summed E-state index contributed by atoms with van der Waals surface area (Å²) in [5, 5.41) is 73.5. The van der Waals surface area contributed by atoms with Crippen LogP contribution >= 0.6 is 0 Å². The van der Waals surface area contributed by atoms with Crippen LogP contribution in [0, 0.1) is 0 Å². The molecule has 0 aliphatic carbocycles. The lowest BCUT2D eigenvalue weighted by molar-refractivity contribution is 0.0621. The Bertz CT molecular complexity index is 1480. The summed E-state index contributed by atoms with van der Waals surface area (Å²) in [5.74, 6) is -17.3. The van der Waals surface area contributed by atoms with Gasteiger partial charge in [-0.2, -0.15) is 0 Å². The van der Waals surface area contributed by atoms with Crippen LogP contribution in [0.5, 0.6) is 0 Å². The summed E-state index contributed by atoms with van der Waals surface area (Å²) >= 11 is 0. The fourth-order valence-corrected chi connectivity index (χ4v) is 4.21. The molecule has 194 valence electrons. The summed E-state index contributed by atoms with van der Waals surface area (Å²) in [7, 11) is 0. The maximum Gasteiger partial charge on any atom is 0.337 e. The summed E-state index contributed by atoms with van der Waals surface area (Å²) in [4.78, 5) is 95.8. The Morgan fingerprint density at radius 2 is 0.421 bits per heavy atom. The second-order valence-corrected chi connectivity index (χ2v) is 7.38. The maximum absolute atomic E-state index is 12.1. The first kappa shape index (κ1) is 26.5. The number of benzene rings is 3. The predicted octanol–water partition coefficient (Wildman–Crippen LogP) is 1.58. The molecule has 0 saturated heterocycles. The Balaban J connectivity index is 2.99. The molecule has 0 spiro atoms. The molecule has 0 aliphatic heterocycles. The van der Waals surface area contributed by atoms with Crippen LogP contribution < -0.4 is 0 Å². The highest BCUT2D eigenvalue weighted by Crippen LogP contribution is 2.39. The third-order valence-electron chi connectivity index (χ3n) is 5.45. The Hall–Kier alpha value is -6.06. The molecule has 8 N–H and O–H groups in total. The monoisotopic (exact) mass is 530 g/mol. The van der Waals surface area contributed by atoms with Gasteiger partial charge in [0.05, 0.1) is 44.5 Å². The largest absolute Gasteiger partial charge is 0.478 e. The molecular formula is C22H10O16. The number of rotatable bonds is 8. The normalized spacial score (nSPS) is 10.7. The quantitative estimate of drug-likeness (QED) is 0.192. The van der Waals surface area contributed by atoms with Crippen molar-refractivity contribution in [1.29, 1.82) is 0 Å². The van der Waals surface area contributed by atoms with Crippen molar-refractivity contribution in [3.8, 4) is 0 Å². The van der Waals surface area contributed by atoms with Crippen LogP contribution in [0.4, 0.5) is 0 Å². The van der Waals surface area contributed by atoms with Crippen molar-refractivity contribution in [3.05, 3.63) is 56.6 Å². The fraction of sp³-hybridized carbons (Fsp3) is 0. The van der Waals surface area contributed by atoms with Crippen molar-refractivity contribution in [2.45, 2.75) is 0 Å². The van der Waals surface area contributed by atoms with Crippen LogP contribution in [-0.4, -0.2) is 88.6 Å². The zero-order valence-corrected chi connectivity index (χ0v) is 18.0. The van der Waals surface area contributed by atoms with Gasteiger partial charge in [0.1, 0.15) is 0 Å². The number of carboxylic acids is 8. The third-order valence-corrected chi connectivity index (χ3v) is 5.45. The summed E-state index contributed by atoms with van der Waals surface area (Å²) in [6, 6.07) is 0.902. The van der Waals surface area contributed by atoms with Gasteiger partial charge < -0.3 is 40.9 Å². The van der Waals surface area contributed by atoms with Crippen LogP contribution in [0.15, 0.2) is 12.1 Å². The standard InChI is InChI=1S/C22H10O16/c23-15(24)7-3-1-4-6(2-5(3)9(17(27)28)13(21(35)36)11(7)19(31)32)10(18(29)30)14(22(37)38)12(20(33)34)8(4)16(25)26/h1-2H,(H,23,24)(H,25,26)(H,27,28)(H,29,30)(H,31,32)(H,33,34)(H,35,36)(H,37,38). The van der Waals surface area contributed by atoms with Gasteiger partial charge in [-0.15, -0.1) is 0 Å². The van der Waals surface area contributed by atoms with E-state index in [1.165, 1.54) is 0 Å². The van der Waals surface area contributed by atoms with Crippen LogP contribution in [0.3, 0.4) is 0 Å². The van der Waals surface area contributed by atoms with E-state index in [4.69, 9.17) is 0 Å². The third kappa shape index (κ3) is 3.73. The Kier molecular flexibility index (Phi) is 6.19. The van der Waals surface area contributed by atoms with E-state index in [1.54, 1.807) is 0 Å². The summed E-state index contributed by atoms with van der Waals surface area (Å²) in [6.07, 6.45) is 0. The minimum Gasteiger partial charge on any atom is -0.478 e. The first-order valence-corrected chi connectivity index (χ1v) is 9.58. The molecule has 3 aromatic rings. The van der Waals surface area contributed by atoms with Crippen LogP contribution in [0.25, 0.3) is 21.5 Å². The molecule has 3 rings (SSSR count). The van der Waals surface area contributed by atoms with Crippen molar-refractivity contribution in [3.63, 3.8) is 0 Å². The molecular weight excluding hydrogens is 520 g/mol. The molecule has 0 bridgehead atoms. The van der Waals surface area contributed by atoms with Gasteiger partial charge in [0.15, 0.2) is 0 Å². The molecule has 0 fully saturated rings. The molecule has 0 heterocycles. The van der Waals surface area contributed by atoms with Crippen LogP contribution in [0.1, 0.15) is 82.9 Å². The van der Waals surface area contributed by atoms with Crippen molar-refractivity contribution in [1.82, 2.24) is 0 Å². The van der Waals surface area contributed by atoms with E-state index >= 15 is 0 Å². The first-order chi connectivity index (χ1) is 17.5. The second kappa shape index (κ2) is 8.86. The number of hydrogen-bond acceptors (Lipinski definition) is 8. The maximum atomic E-state index is 12.1. The Morgan fingerprint density at radius 1 is 0.289 bits per heavy atom. The van der Waals surface area contributed by atoms with Gasteiger partial charge in [0, 0.05) is 0 Å². The van der Waals surface area contributed by atoms with E-state index in [1.807, 2.05) is 0 Å². The van der Waals surface area contributed by atoms with E-state index in [9.17, 15) is 79.2 Å². The second-order valence-electron chi connectivity index (χ2n) is 7.38. The Morgan fingerprint density at radius 3 is 0.526 bits per heavy atom. The lowest BCUT2D eigenvalue weighted by atomic mass is 9.83. The van der Waals surface area contributed by atoms with Gasteiger partial charge in [-0.1, -0.05) is 0 Å². The van der Waals surface area contributed by atoms with Gasteiger partial charge in [0.25, 0.3) is 0 Å². The average molecular weight is 530 g/mol. The molecule has 38 heavy (non-hydrogen) atoms. The predicted molar refractivity (Wildman–Crippen MR) is 117 cm³/mol. The lowest BCUT2D eigenvalue weighted by Gasteiger charge is -2.18. The fourth-order valence-electron chi connectivity index (χ4n) is 4.21. The van der Waals surface area contributed by atoms with Crippen molar-refractivity contribution in [2.24, 2.45) is 0 Å². The number of carboxylic acid groups (broad SMARTS) is 8. The van der Waals surface area contributed by atoms with Crippen LogP contribution in [-0.2, 0) is 0 Å². The molecule has 0 saturated carbocycles. The van der Waals surface area contributed by atoms with E-state index in [0.29, 0.717) is 12.1 Å². The number of carbonyl (C=O) groups is 8. The van der Waals surface area contributed by atoms with Crippen molar-refractivity contribution in [2.75, 3.05) is 0 Å². The average Bonchev–Trinajstić information content (AvgIpc) is 2.78. The SMILES string of the molecule is O=C(O)c1c(C(=O)O)c(C(=O)O)c2cc3c(C(=O)O)c(C(=O)O)c(C(=O)O)c(C(=O)O)c3cc2c1C(=O)O. The van der Waals surface area contributed by atoms with Gasteiger partial charge in [-0.25, -0.2) is 38.4 Å². The topological polar surface area (TPSA) is 298 Å². The molecule has 16 heteroatoms. The molecule has 0 aliphatic rings. The zero-order chi connectivity index (χ0) is 29.0. The summed E-state index contributed by atoms with van der Waals surface area (Å²) < 4.78 is 0. The van der Waals surface area contributed by atoms with Crippen molar-refractivity contribution >= 4 is 69.3 Å². The van der Waals surface area contributed by atoms with Crippen LogP contribution in [0.2, 0.25) is 0 Å². The molecule has 0 aromatic heterocycles. The van der Waals surface area contributed by atoms with Gasteiger partial charge in [0.2, 0.25) is 0 Å². The molecule has 0 unspecified atom stereocenters. The van der Waals surface area contributed by atoms with E-state index in [2.05, 4.69) is 0 Å². The minimum atomic E-state index is -2.21. The zero-order valence-electron chi connectivity index (χ0n) is 18.0. The van der Waals surface area contributed by atoms with Gasteiger partial charge in [-0.3, -0.25) is 0 Å². The molecule has 0 radical (unpaired) electrons. The summed E-state index contributed by atoms with van der Waals surface area (Å²) in [6.45, 7) is 0. The van der Waals surface area contributed by atoms with Crippen molar-refractivity contribution < 1.29 is 79.2 Å². The molecule has 0 atom stereocenters. The lowest BCUT2D eigenvalue weighted by Crippen LogP contribution is -2.22. The number of fused-ring (bicyclic) bond motifs is 2. The highest BCUT2D eigenvalue weighted by molar-refractivity contribution is 6.29. The number of hydrogen-bond donors (Lipinski definition) is 8. The van der Waals surface area contributed by atoms with E-state index in [0.717, 1.165) is 0 Å². The first-order valence-electron chi connectivity index (χ1n) is 9.58. The Labute approximate surface area is 205 Å². The highest BCUT2D eigenvalue weighted by Gasteiger charge is 2.37. The molecule has 3 aromatic carbocycles. The molecule has 0 amide bonds.